The summed E-state index contributed by atoms with van der Waals surface area (Å²) in [5.41, 5.74) is 6.82. The molecule has 0 unspecified atom stereocenters. The number of ether oxygens (including phenoxy) is 1. The highest BCUT2D eigenvalue weighted by Crippen LogP contribution is 2.25. The minimum absolute atomic E-state index is 0.624. The first kappa shape index (κ1) is 23.6. The van der Waals surface area contributed by atoms with E-state index in [9.17, 15) is 0 Å². The molecule has 1 aromatic heterocycles. The summed E-state index contributed by atoms with van der Waals surface area (Å²) in [5.74, 6) is 2.14. The number of hydrogen-bond donors (Lipinski definition) is 1. The molecule has 0 radical (unpaired) electrons. The van der Waals surface area contributed by atoms with E-state index < -0.39 is 0 Å². The number of rotatable bonds is 10. The molecule has 1 N–H and O–H groups in total. The molecule has 0 bridgehead atoms. The SMILES string of the molecule is CCCCCOc1ccc(C=NNc2cc(-c3ccccc3)nc(-c3ccc(Br)cc3)n2)cc1. The second kappa shape index (κ2) is 12.1. The first-order valence-corrected chi connectivity index (χ1v) is 12.2. The Morgan fingerprint density at radius 2 is 1.65 bits per heavy atom. The number of unbranched alkanes of at least 4 members (excludes halogenated alkanes) is 2. The number of hydrogen-bond acceptors (Lipinski definition) is 5. The molecule has 172 valence electrons. The molecule has 0 atom stereocenters. The molecule has 4 rings (SSSR count). The van der Waals surface area contributed by atoms with Gasteiger partial charge in [-0.05, 0) is 48.4 Å². The van der Waals surface area contributed by atoms with Crippen LogP contribution in [-0.4, -0.2) is 22.8 Å². The van der Waals surface area contributed by atoms with Crippen molar-refractivity contribution < 1.29 is 4.74 Å². The van der Waals surface area contributed by atoms with E-state index in [0.29, 0.717) is 11.6 Å². The van der Waals surface area contributed by atoms with Gasteiger partial charge in [0, 0.05) is 21.7 Å². The van der Waals surface area contributed by atoms with Gasteiger partial charge in [0.05, 0.1) is 18.5 Å². The number of benzene rings is 3. The van der Waals surface area contributed by atoms with Gasteiger partial charge in [0.15, 0.2) is 11.6 Å². The summed E-state index contributed by atoms with van der Waals surface area (Å²) in [4.78, 5) is 9.46. The maximum atomic E-state index is 5.77. The van der Waals surface area contributed by atoms with Crippen LogP contribution < -0.4 is 10.2 Å². The molecule has 3 aromatic carbocycles. The van der Waals surface area contributed by atoms with E-state index in [1.165, 1.54) is 12.8 Å². The van der Waals surface area contributed by atoms with Crippen molar-refractivity contribution in [3.05, 3.63) is 95.0 Å². The Hall–Kier alpha value is -3.51. The van der Waals surface area contributed by atoms with Crippen LogP contribution in [0.3, 0.4) is 0 Å². The largest absolute Gasteiger partial charge is 0.494 e. The lowest BCUT2D eigenvalue weighted by Gasteiger charge is -2.08. The average Bonchev–Trinajstić information content (AvgIpc) is 2.88. The topological polar surface area (TPSA) is 59.4 Å². The fraction of sp³-hybridized carbons (Fsp3) is 0.179. The minimum Gasteiger partial charge on any atom is -0.494 e. The van der Waals surface area contributed by atoms with Crippen molar-refractivity contribution >= 4 is 28.0 Å². The molecule has 1 heterocycles. The lowest BCUT2D eigenvalue weighted by atomic mass is 10.1. The number of nitrogens with zero attached hydrogens (tertiary/aromatic N) is 3. The van der Waals surface area contributed by atoms with E-state index >= 15 is 0 Å². The zero-order valence-corrected chi connectivity index (χ0v) is 20.7. The standard InChI is InChI=1S/C28H27BrN4O/c1-2-3-7-18-34-25-16-10-21(11-17-25)20-30-33-27-19-26(22-8-5-4-6-9-22)31-28(32-27)23-12-14-24(29)15-13-23/h4-6,8-17,19-20H,2-3,7,18H2,1H3,(H,31,32,33). The van der Waals surface area contributed by atoms with Crippen LogP contribution in [0.15, 0.2) is 94.5 Å². The van der Waals surface area contributed by atoms with Crippen LogP contribution in [0.1, 0.15) is 31.7 Å². The molecule has 0 aliphatic heterocycles. The molecule has 6 heteroatoms. The van der Waals surface area contributed by atoms with Gasteiger partial charge in [-0.15, -0.1) is 0 Å². The average molecular weight is 515 g/mol. The smallest absolute Gasteiger partial charge is 0.162 e. The third-order valence-corrected chi connectivity index (χ3v) is 5.72. The first-order chi connectivity index (χ1) is 16.7. The van der Waals surface area contributed by atoms with Crippen LogP contribution in [0.5, 0.6) is 5.75 Å². The number of anilines is 1. The van der Waals surface area contributed by atoms with Crippen LogP contribution in [0.25, 0.3) is 22.6 Å². The van der Waals surface area contributed by atoms with E-state index in [-0.39, 0.29) is 0 Å². The summed E-state index contributed by atoms with van der Waals surface area (Å²) in [6.45, 7) is 2.94. The van der Waals surface area contributed by atoms with Crippen LogP contribution in [0.2, 0.25) is 0 Å². The Balaban J connectivity index is 1.50. The van der Waals surface area contributed by atoms with Gasteiger partial charge in [0.2, 0.25) is 0 Å². The van der Waals surface area contributed by atoms with Crippen LogP contribution in [-0.2, 0) is 0 Å². The fourth-order valence-corrected chi connectivity index (χ4v) is 3.62. The molecule has 0 saturated carbocycles. The van der Waals surface area contributed by atoms with E-state index in [1.807, 2.05) is 84.9 Å². The zero-order valence-electron chi connectivity index (χ0n) is 19.1. The van der Waals surface area contributed by atoms with Gasteiger partial charge in [0.1, 0.15) is 5.75 Å². The van der Waals surface area contributed by atoms with E-state index in [2.05, 4.69) is 38.4 Å². The fourth-order valence-electron chi connectivity index (χ4n) is 3.35. The zero-order chi connectivity index (χ0) is 23.6. The highest BCUT2D eigenvalue weighted by Gasteiger charge is 2.09. The molecular weight excluding hydrogens is 488 g/mol. The van der Waals surface area contributed by atoms with Gasteiger partial charge in [-0.3, -0.25) is 5.43 Å². The number of nitrogens with one attached hydrogen (secondary N) is 1. The molecule has 0 aliphatic carbocycles. The number of halogens is 1. The molecule has 4 aromatic rings. The summed E-state index contributed by atoms with van der Waals surface area (Å²) in [7, 11) is 0. The summed E-state index contributed by atoms with van der Waals surface area (Å²) in [6, 6.07) is 27.8. The highest BCUT2D eigenvalue weighted by atomic mass is 79.9. The quantitative estimate of drug-likeness (QED) is 0.134. The van der Waals surface area contributed by atoms with Crippen molar-refractivity contribution in [2.24, 2.45) is 5.10 Å². The second-order valence-electron chi connectivity index (χ2n) is 7.83. The van der Waals surface area contributed by atoms with Crippen molar-refractivity contribution in [3.8, 4) is 28.4 Å². The minimum atomic E-state index is 0.624. The summed E-state index contributed by atoms with van der Waals surface area (Å²) in [6.07, 6.45) is 5.23. The Morgan fingerprint density at radius 3 is 2.38 bits per heavy atom. The Bertz CT molecular complexity index is 1210. The van der Waals surface area contributed by atoms with Gasteiger partial charge < -0.3 is 4.74 Å². The molecule has 0 saturated heterocycles. The molecule has 34 heavy (non-hydrogen) atoms. The monoisotopic (exact) mass is 514 g/mol. The summed E-state index contributed by atoms with van der Waals surface area (Å²) in [5, 5.41) is 4.40. The maximum absolute atomic E-state index is 5.77. The highest BCUT2D eigenvalue weighted by molar-refractivity contribution is 9.10. The third kappa shape index (κ3) is 6.75. The third-order valence-electron chi connectivity index (χ3n) is 5.19. The maximum Gasteiger partial charge on any atom is 0.162 e. The number of aromatic nitrogens is 2. The van der Waals surface area contributed by atoms with Gasteiger partial charge in [0.25, 0.3) is 0 Å². The molecule has 0 spiro atoms. The van der Waals surface area contributed by atoms with E-state index in [4.69, 9.17) is 9.72 Å². The molecule has 5 nitrogen and oxygen atoms in total. The molecule has 0 fully saturated rings. The predicted molar refractivity (Wildman–Crippen MR) is 143 cm³/mol. The Labute approximate surface area is 209 Å². The van der Waals surface area contributed by atoms with Crippen molar-refractivity contribution in [3.63, 3.8) is 0 Å². The molecule has 0 amide bonds. The van der Waals surface area contributed by atoms with Crippen LogP contribution >= 0.6 is 15.9 Å². The van der Waals surface area contributed by atoms with E-state index in [1.54, 1.807) is 6.21 Å². The molecular formula is C28H27BrN4O. The van der Waals surface area contributed by atoms with Gasteiger partial charge in [-0.1, -0.05) is 78.2 Å². The van der Waals surface area contributed by atoms with Gasteiger partial charge in [-0.2, -0.15) is 5.10 Å². The van der Waals surface area contributed by atoms with Gasteiger partial charge in [-0.25, -0.2) is 9.97 Å². The Kier molecular flexibility index (Phi) is 8.41. The normalized spacial score (nSPS) is 11.0. The second-order valence-corrected chi connectivity index (χ2v) is 8.75. The first-order valence-electron chi connectivity index (χ1n) is 11.4. The van der Waals surface area contributed by atoms with Crippen molar-refractivity contribution in [2.45, 2.75) is 26.2 Å². The summed E-state index contributed by atoms with van der Waals surface area (Å²) < 4.78 is 6.78. The predicted octanol–water partition coefficient (Wildman–Crippen LogP) is 7.59. The van der Waals surface area contributed by atoms with Gasteiger partial charge >= 0.3 is 0 Å². The number of hydrazone groups is 1. The summed E-state index contributed by atoms with van der Waals surface area (Å²) >= 11 is 3.48. The van der Waals surface area contributed by atoms with Crippen molar-refractivity contribution in [1.82, 2.24) is 9.97 Å². The lowest BCUT2D eigenvalue weighted by molar-refractivity contribution is 0.306. The van der Waals surface area contributed by atoms with Crippen LogP contribution in [0.4, 0.5) is 5.82 Å². The van der Waals surface area contributed by atoms with Crippen molar-refractivity contribution in [1.29, 1.82) is 0 Å². The van der Waals surface area contributed by atoms with E-state index in [0.717, 1.165) is 45.6 Å². The van der Waals surface area contributed by atoms with Crippen LogP contribution in [0, 0.1) is 0 Å². The Morgan fingerprint density at radius 1 is 0.882 bits per heavy atom. The molecule has 0 aliphatic rings. The van der Waals surface area contributed by atoms with Crippen molar-refractivity contribution in [2.75, 3.05) is 12.0 Å². The lowest BCUT2D eigenvalue weighted by Crippen LogP contribution is -1.99.